The van der Waals surface area contributed by atoms with E-state index >= 15 is 0 Å². The molecule has 0 spiro atoms. The maximum absolute atomic E-state index is 13.8. The number of fused-ring (bicyclic) bond motifs is 1. The lowest BCUT2D eigenvalue weighted by molar-refractivity contribution is 0.0226. The molecule has 1 unspecified atom stereocenters. The quantitative estimate of drug-likeness (QED) is 0.456. The van der Waals surface area contributed by atoms with Gasteiger partial charge >= 0.3 is 6.09 Å². The molecule has 2 aromatic carbocycles. The second-order valence-electron chi connectivity index (χ2n) is 11.6. The predicted octanol–water partition coefficient (Wildman–Crippen LogP) is 4.44. The van der Waals surface area contributed by atoms with Crippen LogP contribution in [0.1, 0.15) is 43.1 Å². The fraction of sp³-hybridized carbons (Fsp3) is 0.467. The number of carbonyl (C=O) groups excluding carboxylic acids is 2. The molecule has 3 heterocycles. The maximum Gasteiger partial charge on any atom is 0.410 e. The lowest BCUT2D eigenvalue weighted by Gasteiger charge is -2.28. The molecule has 2 amide bonds. The van der Waals surface area contributed by atoms with Crippen LogP contribution in [-0.4, -0.2) is 89.9 Å². The van der Waals surface area contributed by atoms with E-state index in [0.29, 0.717) is 79.5 Å². The van der Waals surface area contributed by atoms with Crippen molar-refractivity contribution in [1.82, 2.24) is 19.8 Å². The number of nitrogens with one attached hydrogen (secondary N) is 1. The van der Waals surface area contributed by atoms with E-state index in [1.807, 2.05) is 20.8 Å². The Morgan fingerprint density at radius 1 is 1.10 bits per heavy atom. The van der Waals surface area contributed by atoms with Crippen LogP contribution in [0.2, 0.25) is 0 Å². The van der Waals surface area contributed by atoms with Crippen LogP contribution in [0, 0.1) is 11.6 Å². The minimum Gasteiger partial charge on any atom is -0.444 e. The van der Waals surface area contributed by atoms with Crippen LogP contribution in [0.5, 0.6) is 0 Å². The number of anilines is 2. The second kappa shape index (κ2) is 12.0. The molecular weight excluding hydrogens is 546 g/mol. The first-order valence-electron chi connectivity index (χ1n) is 14.0. The van der Waals surface area contributed by atoms with E-state index < -0.39 is 23.3 Å². The van der Waals surface area contributed by atoms with Crippen LogP contribution in [-0.2, 0) is 16.0 Å². The van der Waals surface area contributed by atoms with Crippen molar-refractivity contribution >= 4 is 34.5 Å². The number of aromatic nitrogens is 2. The third-order valence-electron chi connectivity index (χ3n) is 7.30. The third kappa shape index (κ3) is 6.87. The van der Waals surface area contributed by atoms with Crippen molar-refractivity contribution in [1.29, 1.82) is 0 Å². The Hall–Kier alpha value is -4.06. The van der Waals surface area contributed by atoms with Crippen molar-refractivity contribution in [2.24, 2.45) is 0 Å². The van der Waals surface area contributed by atoms with Crippen LogP contribution in [0.3, 0.4) is 0 Å². The molecule has 10 nitrogen and oxygen atoms in total. The lowest BCUT2D eigenvalue weighted by Crippen LogP contribution is -2.42. The average molecular weight is 583 g/mol. The summed E-state index contributed by atoms with van der Waals surface area (Å²) in [6.07, 6.45) is 1.86. The van der Waals surface area contributed by atoms with Crippen molar-refractivity contribution in [2.45, 2.75) is 45.4 Å². The van der Waals surface area contributed by atoms with Crippen molar-refractivity contribution in [3.63, 3.8) is 0 Å². The van der Waals surface area contributed by atoms with Crippen LogP contribution in [0.4, 0.5) is 25.1 Å². The van der Waals surface area contributed by atoms with E-state index in [0.717, 1.165) is 6.07 Å². The zero-order chi connectivity index (χ0) is 30.0. The largest absolute Gasteiger partial charge is 0.444 e. The minimum atomic E-state index is -0.671. The molecule has 1 N–H and O–H groups in total. The van der Waals surface area contributed by atoms with Gasteiger partial charge in [0.05, 0.1) is 36.7 Å². The molecule has 1 aromatic heterocycles. The Morgan fingerprint density at radius 2 is 1.81 bits per heavy atom. The minimum absolute atomic E-state index is 0.108. The third-order valence-corrected chi connectivity index (χ3v) is 7.30. The highest BCUT2D eigenvalue weighted by molar-refractivity contribution is 6.01. The summed E-state index contributed by atoms with van der Waals surface area (Å²) < 4.78 is 38.6. The average Bonchev–Trinajstić information content (AvgIpc) is 3.44. The number of benzene rings is 2. The Labute approximate surface area is 243 Å². The summed E-state index contributed by atoms with van der Waals surface area (Å²) in [6, 6.07) is 6.55. The molecule has 0 radical (unpaired) electrons. The van der Waals surface area contributed by atoms with Gasteiger partial charge in [-0.05, 0) is 57.0 Å². The number of likely N-dealkylation sites (tertiary alicyclic amines) is 1. The molecule has 2 saturated heterocycles. The molecule has 0 aliphatic carbocycles. The number of hydrogen-bond acceptors (Lipinski definition) is 8. The molecule has 1 atom stereocenters. The highest BCUT2D eigenvalue weighted by Crippen LogP contribution is 2.28. The van der Waals surface area contributed by atoms with Gasteiger partial charge in [0.15, 0.2) is 0 Å². The van der Waals surface area contributed by atoms with E-state index in [-0.39, 0.29) is 18.5 Å². The van der Waals surface area contributed by atoms with Gasteiger partial charge in [-0.1, -0.05) is 0 Å². The topological polar surface area (TPSA) is 100 Å². The van der Waals surface area contributed by atoms with Gasteiger partial charge in [0, 0.05) is 51.4 Å². The number of amides is 2. The molecule has 12 heteroatoms. The zero-order valence-electron chi connectivity index (χ0n) is 24.3. The molecular formula is C30H36F2N6O4. The van der Waals surface area contributed by atoms with Gasteiger partial charge in [-0.3, -0.25) is 9.78 Å². The van der Waals surface area contributed by atoms with Crippen LogP contribution < -0.4 is 10.2 Å². The number of carbonyl (C=O) groups is 2. The van der Waals surface area contributed by atoms with E-state index in [2.05, 4.69) is 15.2 Å². The van der Waals surface area contributed by atoms with E-state index in [9.17, 15) is 18.4 Å². The molecule has 0 bridgehead atoms. The van der Waals surface area contributed by atoms with Gasteiger partial charge < -0.3 is 29.5 Å². The first-order chi connectivity index (χ1) is 20.0. The van der Waals surface area contributed by atoms with Gasteiger partial charge in [-0.15, -0.1) is 0 Å². The van der Waals surface area contributed by atoms with Gasteiger partial charge in [-0.2, -0.15) is 0 Å². The Morgan fingerprint density at radius 3 is 2.50 bits per heavy atom. The summed E-state index contributed by atoms with van der Waals surface area (Å²) in [4.78, 5) is 41.0. The first kappa shape index (κ1) is 29.4. The normalized spacial score (nSPS) is 17.4. The molecule has 42 heavy (non-hydrogen) atoms. The molecule has 2 fully saturated rings. The van der Waals surface area contributed by atoms with Crippen molar-refractivity contribution < 1.29 is 27.8 Å². The van der Waals surface area contributed by atoms with Gasteiger partial charge in [0.1, 0.15) is 28.6 Å². The Balaban J connectivity index is 1.41. The summed E-state index contributed by atoms with van der Waals surface area (Å²) in [5, 5.41) is 3.22. The molecule has 2 aliphatic heterocycles. The summed E-state index contributed by atoms with van der Waals surface area (Å²) >= 11 is 0. The number of likely N-dealkylation sites (N-methyl/N-ethyl adjacent to an activating group) is 1. The molecule has 0 saturated carbocycles. The van der Waals surface area contributed by atoms with Gasteiger partial charge in [-0.25, -0.2) is 18.6 Å². The Kier molecular flexibility index (Phi) is 8.44. The van der Waals surface area contributed by atoms with E-state index in [1.54, 1.807) is 35.2 Å². The fourth-order valence-corrected chi connectivity index (χ4v) is 5.13. The first-order valence-corrected chi connectivity index (χ1v) is 14.0. The maximum atomic E-state index is 13.8. The van der Waals surface area contributed by atoms with Crippen molar-refractivity contribution in [3.8, 4) is 0 Å². The van der Waals surface area contributed by atoms with Crippen LogP contribution >= 0.6 is 0 Å². The van der Waals surface area contributed by atoms with Crippen molar-refractivity contribution in [2.75, 3.05) is 56.7 Å². The number of ether oxygens (including phenoxy) is 2. The number of halogens is 2. The fourth-order valence-electron chi connectivity index (χ4n) is 5.13. The summed E-state index contributed by atoms with van der Waals surface area (Å²) in [5.74, 6) is -0.877. The molecule has 3 aromatic rings. The van der Waals surface area contributed by atoms with Gasteiger partial charge in [0.2, 0.25) is 0 Å². The predicted molar refractivity (Wildman–Crippen MR) is 155 cm³/mol. The highest BCUT2D eigenvalue weighted by atomic mass is 19.1. The van der Waals surface area contributed by atoms with Crippen molar-refractivity contribution in [3.05, 3.63) is 59.3 Å². The van der Waals surface area contributed by atoms with Gasteiger partial charge in [0.25, 0.3) is 5.91 Å². The van der Waals surface area contributed by atoms with Crippen LogP contribution in [0.25, 0.3) is 11.0 Å². The zero-order valence-corrected chi connectivity index (χ0v) is 24.3. The number of nitrogens with zero attached hydrogens (tertiary/aromatic N) is 5. The number of rotatable bonds is 6. The Bertz CT molecular complexity index is 1450. The molecule has 224 valence electrons. The summed E-state index contributed by atoms with van der Waals surface area (Å²) in [5.41, 5.74) is 1.74. The monoisotopic (exact) mass is 582 g/mol. The summed E-state index contributed by atoms with van der Waals surface area (Å²) in [6.45, 7) is 8.90. The SMILES string of the molecule is CN(C(=O)OC(C)(C)C)C1CCN(C(=O)c2cc(NCc3cc(F)cc(F)c3)c3nc(N4CCOCC4)cnc3c2)C1. The number of hydrogen-bond donors (Lipinski definition) is 1. The lowest BCUT2D eigenvalue weighted by atomic mass is 10.1. The molecule has 2 aliphatic rings. The van der Waals surface area contributed by atoms with E-state index in [1.165, 1.54) is 12.1 Å². The smallest absolute Gasteiger partial charge is 0.410 e. The standard InChI is InChI=1S/C30H36F2N6O4/c1-30(2,3)42-29(40)36(4)23-5-6-38(18-23)28(39)20-13-24(33-16-19-11-21(31)15-22(32)12-19)27-25(14-20)34-17-26(35-27)37-7-9-41-10-8-37/h11-15,17,23,33H,5-10,16,18H2,1-4H3. The number of morpholine rings is 1. The second-order valence-corrected chi connectivity index (χ2v) is 11.6. The summed E-state index contributed by atoms with van der Waals surface area (Å²) in [7, 11) is 1.68. The molecule has 5 rings (SSSR count). The van der Waals surface area contributed by atoms with Crippen LogP contribution in [0.15, 0.2) is 36.5 Å². The highest BCUT2D eigenvalue weighted by Gasteiger charge is 2.33. The van der Waals surface area contributed by atoms with E-state index in [4.69, 9.17) is 14.5 Å².